The van der Waals surface area contributed by atoms with Crippen LogP contribution >= 0.6 is 0 Å². The number of rotatable bonds is 1. The Bertz CT molecular complexity index is 669. The van der Waals surface area contributed by atoms with E-state index in [9.17, 15) is 0 Å². The standard InChI is InChI=1S/C12H11N5/c1-17-11-4-5-14-7-10(11)16-12(17)9-3-2-8(13)6-15-9/h2-7H,13H2,1H3. The van der Waals surface area contributed by atoms with Crippen LogP contribution in [-0.2, 0) is 7.05 Å². The van der Waals surface area contributed by atoms with Crippen molar-refractivity contribution in [3.8, 4) is 11.5 Å². The lowest BCUT2D eigenvalue weighted by Crippen LogP contribution is -1.95. The molecule has 0 amide bonds. The first-order valence-corrected chi connectivity index (χ1v) is 5.24. The summed E-state index contributed by atoms with van der Waals surface area (Å²) in [6, 6.07) is 5.62. The van der Waals surface area contributed by atoms with Crippen molar-refractivity contribution in [2.24, 2.45) is 7.05 Å². The summed E-state index contributed by atoms with van der Waals surface area (Å²) in [5, 5.41) is 0. The van der Waals surface area contributed by atoms with Crippen LogP contribution in [0.15, 0.2) is 36.8 Å². The fourth-order valence-corrected chi connectivity index (χ4v) is 1.82. The molecule has 3 aromatic heterocycles. The number of nitrogens with two attached hydrogens (primary N) is 1. The molecule has 0 unspecified atom stereocenters. The first-order valence-electron chi connectivity index (χ1n) is 5.24. The van der Waals surface area contributed by atoms with Crippen molar-refractivity contribution in [1.82, 2.24) is 19.5 Å². The molecule has 0 aliphatic rings. The molecule has 0 atom stereocenters. The second kappa shape index (κ2) is 3.55. The topological polar surface area (TPSA) is 69.6 Å². The molecule has 0 radical (unpaired) electrons. The zero-order valence-corrected chi connectivity index (χ0v) is 9.33. The maximum Gasteiger partial charge on any atom is 0.159 e. The molecule has 0 aliphatic heterocycles. The first kappa shape index (κ1) is 9.77. The van der Waals surface area contributed by atoms with Crippen LogP contribution in [0.4, 0.5) is 5.69 Å². The lowest BCUT2D eigenvalue weighted by Gasteiger charge is -2.01. The van der Waals surface area contributed by atoms with Gasteiger partial charge < -0.3 is 10.3 Å². The van der Waals surface area contributed by atoms with E-state index in [0.29, 0.717) is 5.69 Å². The Morgan fingerprint density at radius 1 is 1.18 bits per heavy atom. The van der Waals surface area contributed by atoms with Crippen molar-refractivity contribution in [3.05, 3.63) is 36.8 Å². The van der Waals surface area contributed by atoms with Crippen LogP contribution in [0.25, 0.3) is 22.6 Å². The van der Waals surface area contributed by atoms with E-state index < -0.39 is 0 Å². The molecule has 3 rings (SSSR count). The Kier molecular flexibility index (Phi) is 2.04. The molecule has 0 fully saturated rings. The molecule has 5 nitrogen and oxygen atoms in total. The van der Waals surface area contributed by atoms with Crippen LogP contribution in [0, 0.1) is 0 Å². The van der Waals surface area contributed by atoms with Gasteiger partial charge in [0.15, 0.2) is 5.82 Å². The molecule has 0 saturated carbocycles. The summed E-state index contributed by atoms with van der Waals surface area (Å²) in [5.74, 6) is 0.813. The average molecular weight is 225 g/mol. The Balaban J connectivity index is 2.24. The summed E-state index contributed by atoms with van der Waals surface area (Å²) in [7, 11) is 1.96. The van der Waals surface area contributed by atoms with E-state index in [1.54, 1.807) is 18.6 Å². The molecule has 3 aromatic rings. The molecule has 0 aromatic carbocycles. The second-order valence-corrected chi connectivity index (χ2v) is 3.84. The van der Waals surface area contributed by atoms with Crippen molar-refractivity contribution in [2.75, 3.05) is 5.73 Å². The molecule has 17 heavy (non-hydrogen) atoms. The molecule has 2 N–H and O–H groups in total. The van der Waals surface area contributed by atoms with Crippen LogP contribution < -0.4 is 5.73 Å². The van der Waals surface area contributed by atoms with Gasteiger partial charge in [-0.15, -0.1) is 0 Å². The summed E-state index contributed by atoms with van der Waals surface area (Å²) >= 11 is 0. The second-order valence-electron chi connectivity index (χ2n) is 3.84. The van der Waals surface area contributed by atoms with Crippen LogP contribution in [0.1, 0.15) is 0 Å². The summed E-state index contributed by atoms with van der Waals surface area (Å²) < 4.78 is 2.00. The third-order valence-electron chi connectivity index (χ3n) is 2.70. The van der Waals surface area contributed by atoms with Gasteiger partial charge in [-0.2, -0.15) is 0 Å². The number of hydrogen-bond donors (Lipinski definition) is 1. The minimum absolute atomic E-state index is 0.647. The SMILES string of the molecule is Cn1c(-c2ccc(N)cn2)nc2cnccc21. The van der Waals surface area contributed by atoms with Gasteiger partial charge in [-0.1, -0.05) is 0 Å². The predicted molar refractivity (Wildman–Crippen MR) is 66.2 cm³/mol. The van der Waals surface area contributed by atoms with Gasteiger partial charge in [0.25, 0.3) is 0 Å². The molecule has 0 aliphatic carbocycles. The number of nitrogen functional groups attached to an aromatic ring is 1. The Hall–Kier alpha value is -2.43. The van der Waals surface area contributed by atoms with Crippen LogP contribution in [0.2, 0.25) is 0 Å². The number of nitrogens with zero attached hydrogens (tertiary/aromatic N) is 4. The van der Waals surface area contributed by atoms with E-state index in [1.165, 1.54) is 0 Å². The molecule has 5 heteroatoms. The minimum Gasteiger partial charge on any atom is -0.397 e. The van der Waals surface area contributed by atoms with Crippen LogP contribution in [0.3, 0.4) is 0 Å². The van der Waals surface area contributed by atoms with Gasteiger partial charge in [0, 0.05) is 13.2 Å². The molecule has 84 valence electrons. The van der Waals surface area contributed by atoms with Gasteiger partial charge in [0.2, 0.25) is 0 Å². The highest BCUT2D eigenvalue weighted by Gasteiger charge is 2.10. The maximum absolute atomic E-state index is 5.62. The number of fused-ring (bicyclic) bond motifs is 1. The number of hydrogen-bond acceptors (Lipinski definition) is 4. The van der Waals surface area contributed by atoms with Crippen LogP contribution in [-0.4, -0.2) is 19.5 Å². The fraction of sp³-hybridized carbons (Fsp3) is 0.0833. The minimum atomic E-state index is 0.647. The van der Waals surface area contributed by atoms with Gasteiger partial charge in [-0.3, -0.25) is 9.97 Å². The smallest absolute Gasteiger partial charge is 0.159 e. The molecule has 0 saturated heterocycles. The van der Waals surface area contributed by atoms with Crippen molar-refractivity contribution >= 4 is 16.7 Å². The molecule has 0 spiro atoms. The average Bonchev–Trinajstić information content (AvgIpc) is 2.69. The Labute approximate surface area is 98.0 Å². The summed E-state index contributed by atoms with van der Waals surface area (Å²) in [5.41, 5.74) is 8.97. The Morgan fingerprint density at radius 2 is 2.06 bits per heavy atom. The third-order valence-corrected chi connectivity index (χ3v) is 2.70. The van der Waals surface area contributed by atoms with Gasteiger partial charge in [-0.25, -0.2) is 4.98 Å². The number of pyridine rings is 2. The third kappa shape index (κ3) is 1.52. The van der Waals surface area contributed by atoms with E-state index in [4.69, 9.17) is 5.73 Å². The van der Waals surface area contributed by atoms with Crippen molar-refractivity contribution in [1.29, 1.82) is 0 Å². The largest absolute Gasteiger partial charge is 0.397 e. The fourth-order valence-electron chi connectivity index (χ4n) is 1.82. The van der Waals surface area contributed by atoms with E-state index >= 15 is 0 Å². The summed E-state index contributed by atoms with van der Waals surface area (Å²) in [4.78, 5) is 12.8. The molecular weight excluding hydrogens is 214 g/mol. The number of aryl methyl sites for hydroxylation is 1. The van der Waals surface area contributed by atoms with Crippen molar-refractivity contribution in [3.63, 3.8) is 0 Å². The quantitative estimate of drug-likeness (QED) is 0.683. The van der Waals surface area contributed by atoms with E-state index in [-0.39, 0.29) is 0 Å². The van der Waals surface area contributed by atoms with E-state index in [2.05, 4.69) is 15.0 Å². The number of aromatic nitrogens is 4. The number of anilines is 1. The lowest BCUT2D eigenvalue weighted by molar-refractivity contribution is 0.950. The van der Waals surface area contributed by atoms with Gasteiger partial charge in [0.05, 0.1) is 23.6 Å². The maximum atomic E-state index is 5.62. The van der Waals surface area contributed by atoms with E-state index in [0.717, 1.165) is 22.6 Å². The predicted octanol–water partition coefficient (Wildman–Crippen LogP) is 1.61. The highest BCUT2D eigenvalue weighted by molar-refractivity contribution is 5.78. The van der Waals surface area contributed by atoms with E-state index in [1.807, 2.05) is 29.8 Å². The van der Waals surface area contributed by atoms with Crippen molar-refractivity contribution in [2.45, 2.75) is 0 Å². The lowest BCUT2D eigenvalue weighted by atomic mass is 10.3. The van der Waals surface area contributed by atoms with Gasteiger partial charge in [0.1, 0.15) is 11.2 Å². The normalized spacial score (nSPS) is 10.9. The molecule has 0 bridgehead atoms. The summed E-state index contributed by atoms with van der Waals surface area (Å²) in [6.45, 7) is 0. The van der Waals surface area contributed by atoms with Crippen molar-refractivity contribution < 1.29 is 0 Å². The highest BCUT2D eigenvalue weighted by atomic mass is 15.1. The monoisotopic (exact) mass is 225 g/mol. The van der Waals surface area contributed by atoms with Crippen LogP contribution in [0.5, 0.6) is 0 Å². The number of imidazole rings is 1. The zero-order valence-electron chi connectivity index (χ0n) is 9.33. The van der Waals surface area contributed by atoms with Gasteiger partial charge in [-0.05, 0) is 18.2 Å². The molecule has 3 heterocycles. The Morgan fingerprint density at radius 3 is 2.76 bits per heavy atom. The zero-order chi connectivity index (χ0) is 11.8. The first-order chi connectivity index (χ1) is 8.25. The molecular formula is C12H11N5. The highest BCUT2D eigenvalue weighted by Crippen LogP contribution is 2.21. The van der Waals surface area contributed by atoms with Gasteiger partial charge >= 0.3 is 0 Å². The summed E-state index contributed by atoms with van der Waals surface area (Å²) in [6.07, 6.45) is 5.13.